The lowest BCUT2D eigenvalue weighted by Gasteiger charge is -2.09. The maximum Gasteiger partial charge on any atom is 0.169 e. The summed E-state index contributed by atoms with van der Waals surface area (Å²) in [6.45, 7) is 3.87. The van der Waals surface area contributed by atoms with Gasteiger partial charge in [-0.25, -0.2) is 9.07 Å². The van der Waals surface area contributed by atoms with Crippen LogP contribution in [0.5, 0.6) is 0 Å². The molecule has 2 N–H and O–H groups in total. The molecule has 2 aromatic rings. The highest BCUT2D eigenvalue weighted by Crippen LogP contribution is 2.21. The lowest BCUT2D eigenvalue weighted by molar-refractivity contribution is 0.599. The Morgan fingerprint density at radius 3 is 2.82 bits per heavy atom. The van der Waals surface area contributed by atoms with Crippen molar-refractivity contribution in [2.45, 2.75) is 26.7 Å². The second-order valence-corrected chi connectivity index (χ2v) is 3.99. The van der Waals surface area contributed by atoms with Crippen molar-refractivity contribution in [2.75, 3.05) is 5.73 Å². The number of nitrogens with two attached hydrogens (primary N) is 1. The summed E-state index contributed by atoms with van der Waals surface area (Å²) in [4.78, 5) is 0. The number of nitrogen functional groups attached to an aromatic ring is 1. The first-order chi connectivity index (χ1) is 8.15. The van der Waals surface area contributed by atoms with Crippen LogP contribution in [0.15, 0.2) is 18.2 Å². The van der Waals surface area contributed by atoms with Gasteiger partial charge in [0.05, 0.1) is 5.69 Å². The summed E-state index contributed by atoms with van der Waals surface area (Å²) in [5.41, 5.74) is 7.76. The number of para-hydroxylation sites is 1. The number of anilines is 1. The van der Waals surface area contributed by atoms with E-state index in [2.05, 4.69) is 10.3 Å². The fourth-order valence-electron chi connectivity index (χ4n) is 1.85. The lowest BCUT2D eigenvalue weighted by atomic mass is 10.1. The number of aromatic nitrogens is 3. The van der Waals surface area contributed by atoms with Crippen molar-refractivity contribution in [3.8, 4) is 5.69 Å². The molecule has 4 nitrogen and oxygen atoms in total. The predicted octanol–water partition coefficient (Wildman–Crippen LogP) is 2.25. The molecule has 0 radical (unpaired) electrons. The van der Waals surface area contributed by atoms with E-state index in [0.29, 0.717) is 11.5 Å². The maximum absolute atomic E-state index is 13.8. The maximum atomic E-state index is 13.8. The number of halogens is 1. The number of rotatable bonds is 3. The molecule has 0 atom stereocenters. The molecular formula is C12H15FN4. The van der Waals surface area contributed by atoms with E-state index in [1.54, 1.807) is 6.07 Å². The average molecular weight is 234 g/mol. The van der Waals surface area contributed by atoms with Crippen molar-refractivity contribution in [3.63, 3.8) is 0 Å². The molecule has 0 aliphatic rings. The largest absolute Gasteiger partial charge is 0.381 e. The standard InChI is InChI=1S/C12H15FN4/c1-3-5-10-12(14)15-16-17(10)11-8(2)6-4-7-9(11)13/h4,6-7H,3,5,14H2,1-2H3. The van der Waals surface area contributed by atoms with Crippen molar-refractivity contribution in [1.29, 1.82) is 0 Å². The molecule has 1 heterocycles. The Morgan fingerprint density at radius 2 is 2.18 bits per heavy atom. The van der Waals surface area contributed by atoms with Gasteiger partial charge in [-0.1, -0.05) is 30.7 Å². The molecule has 0 amide bonds. The lowest BCUT2D eigenvalue weighted by Crippen LogP contribution is -2.07. The Kier molecular flexibility index (Phi) is 3.08. The zero-order valence-electron chi connectivity index (χ0n) is 9.94. The van der Waals surface area contributed by atoms with Gasteiger partial charge in [0.2, 0.25) is 0 Å². The fourth-order valence-corrected chi connectivity index (χ4v) is 1.85. The third kappa shape index (κ3) is 2.00. The number of hydrogen-bond donors (Lipinski definition) is 1. The summed E-state index contributed by atoms with van der Waals surface area (Å²) in [7, 11) is 0. The molecule has 5 heteroatoms. The third-order valence-electron chi connectivity index (χ3n) is 2.68. The molecule has 2 rings (SSSR count). The highest BCUT2D eigenvalue weighted by molar-refractivity contribution is 5.46. The van der Waals surface area contributed by atoms with Crippen LogP contribution in [0.3, 0.4) is 0 Å². The smallest absolute Gasteiger partial charge is 0.169 e. The predicted molar refractivity (Wildman–Crippen MR) is 64.5 cm³/mol. The first-order valence-corrected chi connectivity index (χ1v) is 5.60. The molecule has 0 bridgehead atoms. The normalized spacial score (nSPS) is 10.8. The zero-order valence-corrected chi connectivity index (χ0v) is 9.94. The van der Waals surface area contributed by atoms with Crippen molar-refractivity contribution in [1.82, 2.24) is 15.0 Å². The molecule has 0 saturated carbocycles. The van der Waals surface area contributed by atoms with Crippen molar-refractivity contribution in [2.24, 2.45) is 0 Å². The van der Waals surface area contributed by atoms with Gasteiger partial charge in [0, 0.05) is 0 Å². The number of nitrogens with zero attached hydrogens (tertiary/aromatic N) is 3. The average Bonchev–Trinajstić information content (AvgIpc) is 2.62. The Balaban J connectivity index is 2.60. The summed E-state index contributed by atoms with van der Waals surface area (Å²) in [5.74, 6) is 0.0572. The van der Waals surface area contributed by atoms with Crippen LogP contribution in [-0.4, -0.2) is 15.0 Å². The number of hydrogen-bond acceptors (Lipinski definition) is 3. The first-order valence-electron chi connectivity index (χ1n) is 5.60. The second kappa shape index (κ2) is 4.53. The molecule has 0 spiro atoms. The van der Waals surface area contributed by atoms with Gasteiger partial charge < -0.3 is 5.73 Å². The monoisotopic (exact) mass is 234 g/mol. The summed E-state index contributed by atoms with van der Waals surface area (Å²) < 4.78 is 15.3. The van der Waals surface area contributed by atoms with Gasteiger partial charge in [-0.2, -0.15) is 0 Å². The van der Waals surface area contributed by atoms with E-state index in [1.165, 1.54) is 10.7 Å². The SMILES string of the molecule is CCCc1c(N)nnn1-c1c(C)cccc1F. The van der Waals surface area contributed by atoms with Crippen molar-refractivity contribution < 1.29 is 4.39 Å². The zero-order chi connectivity index (χ0) is 12.4. The van der Waals surface area contributed by atoms with Crippen LogP contribution in [0.1, 0.15) is 24.6 Å². The molecule has 0 aliphatic carbocycles. The Bertz CT molecular complexity index is 513. The first kappa shape index (κ1) is 11.6. The molecule has 0 unspecified atom stereocenters. The van der Waals surface area contributed by atoms with Crippen LogP contribution in [0.4, 0.5) is 10.2 Å². The van der Waals surface area contributed by atoms with Crippen LogP contribution >= 0.6 is 0 Å². The quantitative estimate of drug-likeness (QED) is 0.886. The molecule has 17 heavy (non-hydrogen) atoms. The van der Waals surface area contributed by atoms with Crippen LogP contribution < -0.4 is 5.73 Å². The summed E-state index contributed by atoms with van der Waals surface area (Å²) in [6.07, 6.45) is 1.64. The van der Waals surface area contributed by atoms with E-state index >= 15 is 0 Å². The van der Waals surface area contributed by atoms with Gasteiger partial charge in [0.15, 0.2) is 5.82 Å². The highest BCUT2D eigenvalue weighted by Gasteiger charge is 2.15. The second-order valence-electron chi connectivity index (χ2n) is 3.99. The summed E-state index contributed by atoms with van der Waals surface area (Å²) >= 11 is 0. The fraction of sp³-hybridized carbons (Fsp3) is 0.333. The molecule has 1 aromatic carbocycles. The molecule has 1 aromatic heterocycles. The third-order valence-corrected chi connectivity index (χ3v) is 2.68. The molecule has 0 saturated heterocycles. The molecule has 0 fully saturated rings. The minimum absolute atomic E-state index is 0.313. The van der Waals surface area contributed by atoms with Crippen LogP contribution in [0.25, 0.3) is 5.69 Å². The van der Waals surface area contributed by atoms with E-state index in [-0.39, 0.29) is 5.82 Å². The Labute approximate surface area is 99.2 Å². The summed E-state index contributed by atoms with van der Waals surface area (Å²) in [6, 6.07) is 4.93. The van der Waals surface area contributed by atoms with Crippen LogP contribution in [-0.2, 0) is 6.42 Å². The Hall–Kier alpha value is -1.91. The van der Waals surface area contributed by atoms with Gasteiger partial charge in [0.25, 0.3) is 0 Å². The van der Waals surface area contributed by atoms with Crippen LogP contribution in [0, 0.1) is 12.7 Å². The summed E-state index contributed by atoms with van der Waals surface area (Å²) in [5, 5.41) is 7.75. The Morgan fingerprint density at radius 1 is 1.41 bits per heavy atom. The van der Waals surface area contributed by atoms with Crippen LogP contribution in [0.2, 0.25) is 0 Å². The topological polar surface area (TPSA) is 56.7 Å². The van der Waals surface area contributed by atoms with Gasteiger partial charge in [-0.15, -0.1) is 5.10 Å². The van der Waals surface area contributed by atoms with E-state index in [1.807, 2.05) is 19.9 Å². The van der Waals surface area contributed by atoms with Gasteiger partial charge in [-0.3, -0.25) is 0 Å². The number of benzene rings is 1. The van der Waals surface area contributed by atoms with E-state index < -0.39 is 0 Å². The molecule has 90 valence electrons. The minimum Gasteiger partial charge on any atom is -0.381 e. The minimum atomic E-state index is -0.313. The molecule has 0 aliphatic heterocycles. The number of aryl methyl sites for hydroxylation is 1. The highest BCUT2D eigenvalue weighted by atomic mass is 19.1. The van der Waals surface area contributed by atoms with Gasteiger partial charge >= 0.3 is 0 Å². The van der Waals surface area contributed by atoms with Crippen molar-refractivity contribution in [3.05, 3.63) is 35.3 Å². The van der Waals surface area contributed by atoms with E-state index in [4.69, 9.17) is 5.73 Å². The molecular weight excluding hydrogens is 219 g/mol. The van der Waals surface area contributed by atoms with E-state index in [9.17, 15) is 4.39 Å². The van der Waals surface area contributed by atoms with Crippen molar-refractivity contribution >= 4 is 5.82 Å². The van der Waals surface area contributed by atoms with Gasteiger partial charge in [-0.05, 0) is 25.0 Å². The van der Waals surface area contributed by atoms with E-state index in [0.717, 1.165) is 24.1 Å². The van der Waals surface area contributed by atoms with Gasteiger partial charge in [0.1, 0.15) is 11.5 Å².